The van der Waals surface area contributed by atoms with Crippen LogP contribution in [0.15, 0.2) is 43.0 Å². The fraction of sp³-hybridized carbons (Fsp3) is 0.312. The number of piperazine rings is 1. The highest BCUT2D eigenvalue weighted by Gasteiger charge is 2.38. The van der Waals surface area contributed by atoms with Gasteiger partial charge in [0.05, 0.1) is 0 Å². The Labute approximate surface area is 123 Å². The number of hydrogen-bond donors (Lipinski definition) is 1. The molecule has 0 aromatic heterocycles. The molecule has 110 valence electrons. The predicted octanol–water partition coefficient (Wildman–Crippen LogP) is 1.05. The molecule has 5 nitrogen and oxygen atoms in total. The van der Waals surface area contributed by atoms with Gasteiger partial charge in [0.25, 0.3) is 5.91 Å². The van der Waals surface area contributed by atoms with Crippen molar-refractivity contribution in [3.05, 3.63) is 48.6 Å². The average Bonchev–Trinajstić information content (AvgIpc) is 2.49. The third-order valence-electron chi connectivity index (χ3n) is 3.38. The third kappa shape index (κ3) is 3.56. The summed E-state index contributed by atoms with van der Waals surface area (Å²) in [4.78, 5) is 36.9. The first-order valence-electron chi connectivity index (χ1n) is 6.94. The number of imide groups is 1. The van der Waals surface area contributed by atoms with E-state index in [-0.39, 0.29) is 12.5 Å². The van der Waals surface area contributed by atoms with Gasteiger partial charge in [0.2, 0.25) is 0 Å². The van der Waals surface area contributed by atoms with Crippen molar-refractivity contribution in [2.45, 2.75) is 25.3 Å². The molecule has 2 rings (SSSR count). The summed E-state index contributed by atoms with van der Waals surface area (Å²) < 4.78 is 0. The van der Waals surface area contributed by atoms with Gasteiger partial charge in [0.1, 0.15) is 6.04 Å². The summed E-state index contributed by atoms with van der Waals surface area (Å²) in [7, 11) is 0. The van der Waals surface area contributed by atoms with Gasteiger partial charge in [-0.2, -0.15) is 0 Å². The van der Waals surface area contributed by atoms with Crippen LogP contribution in [0.4, 0.5) is 0 Å². The van der Waals surface area contributed by atoms with Crippen LogP contribution in [0.1, 0.15) is 18.4 Å². The largest absolute Gasteiger partial charge is 0.336 e. The molecule has 1 atom stereocenters. The average molecular weight is 286 g/mol. The summed E-state index contributed by atoms with van der Waals surface area (Å²) in [6.07, 6.45) is 3.42. The molecular weight excluding hydrogens is 268 g/mol. The number of carbonyl (C=O) groups is 3. The first-order valence-corrected chi connectivity index (χ1v) is 6.94. The van der Waals surface area contributed by atoms with Crippen LogP contribution in [-0.4, -0.2) is 35.2 Å². The molecule has 0 radical (unpaired) electrons. The van der Waals surface area contributed by atoms with Crippen LogP contribution in [0.3, 0.4) is 0 Å². The van der Waals surface area contributed by atoms with Gasteiger partial charge >= 0.3 is 11.8 Å². The van der Waals surface area contributed by atoms with Gasteiger partial charge in [0.15, 0.2) is 0 Å². The number of hydrogen-bond acceptors (Lipinski definition) is 3. The lowest BCUT2D eigenvalue weighted by Gasteiger charge is -2.30. The summed E-state index contributed by atoms with van der Waals surface area (Å²) in [6.45, 7) is 3.85. The topological polar surface area (TPSA) is 66.5 Å². The number of unbranched alkanes of at least 4 members (excludes halogenated alkanes) is 1. The van der Waals surface area contributed by atoms with Crippen molar-refractivity contribution in [2.75, 3.05) is 6.54 Å². The Morgan fingerprint density at radius 1 is 1.19 bits per heavy atom. The van der Waals surface area contributed by atoms with Gasteiger partial charge in [0, 0.05) is 13.0 Å². The van der Waals surface area contributed by atoms with E-state index in [4.69, 9.17) is 0 Å². The van der Waals surface area contributed by atoms with E-state index in [2.05, 4.69) is 11.9 Å². The molecule has 5 heteroatoms. The molecule has 1 aromatic rings. The highest BCUT2D eigenvalue weighted by molar-refractivity contribution is 6.40. The Kier molecular flexibility index (Phi) is 4.87. The summed E-state index contributed by atoms with van der Waals surface area (Å²) in [5.41, 5.74) is 0.941. The van der Waals surface area contributed by atoms with E-state index in [1.54, 1.807) is 6.08 Å². The molecule has 0 spiro atoms. The molecule has 1 aliphatic heterocycles. The standard InChI is InChI=1S/C16H18N2O3/c1-2-3-7-10-18-15(20)13(17-14(19)16(18)21)11-12-8-5-4-6-9-12/h2,4-6,8-9,13H,1,3,7,10-11H2,(H,17,19). The van der Waals surface area contributed by atoms with Gasteiger partial charge in [-0.25, -0.2) is 0 Å². The third-order valence-corrected chi connectivity index (χ3v) is 3.38. The monoisotopic (exact) mass is 286 g/mol. The number of nitrogens with one attached hydrogen (secondary N) is 1. The molecule has 1 fully saturated rings. The molecule has 1 saturated heterocycles. The second-order valence-electron chi connectivity index (χ2n) is 4.94. The van der Waals surface area contributed by atoms with Gasteiger partial charge in [-0.1, -0.05) is 36.4 Å². The zero-order valence-electron chi connectivity index (χ0n) is 11.7. The summed E-state index contributed by atoms with van der Waals surface area (Å²) in [6, 6.07) is 8.72. The van der Waals surface area contributed by atoms with Gasteiger partial charge < -0.3 is 5.32 Å². The Hall–Kier alpha value is -2.43. The van der Waals surface area contributed by atoms with Crippen molar-refractivity contribution < 1.29 is 14.4 Å². The lowest BCUT2D eigenvalue weighted by molar-refractivity contribution is -0.158. The molecule has 0 aliphatic carbocycles. The molecule has 1 unspecified atom stereocenters. The van der Waals surface area contributed by atoms with E-state index in [1.165, 1.54) is 0 Å². The molecule has 0 bridgehead atoms. The van der Waals surface area contributed by atoms with Crippen LogP contribution in [0.25, 0.3) is 0 Å². The van der Waals surface area contributed by atoms with Crippen molar-refractivity contribution in [1.82, 2.24) is 10.2 Å². The van der Waals surface area contributed by atoms with E-state index in [0.29, 0.717) is 19.3 Å². The van der Waals surface area contributed by atoms with Crippen molar-refractivity contribution in [1.29, 1.82) is 0 Å². The number of carbonyl (C=O) groups excluding carboxylic acids is 3. The van der Waals surface area contributed by atoms with E-state index < -0.39 is 17.9 Å². The van der Waals surface area contributed by atoms with Gasteiger partial charge in [-0.15, -0.1) is 6.58 Å². The SMILES string of the molecule is C=CCCCN1C(=O)C(=O)NC(Cc2ccccc2)C1=O. The Balaban J connectivity index is 2.08. The Morgan fingerprint density at radius 2 is 1.90 bits per heavy atom. The van der Waals surface area contributed by atoms with Crippen molar-refractivity contribution in [3.8, 4) is 0 Å². The van der Waals surface area contributed by atoms with Crippen molar-refractivity contribution >= 4 is 17.7 Å². The molecular formula is C16H18N2O3. The van der Waals surface area contributed by atoms with E-state index in [1.807, 2.05) is 30.3 Å². The lowest BCUT2D eigenvalue weighted by atomic mass is 10.0. The zero-order chi connectivity index (χ0) is 15.2. The minimum atomic E-state index is -0.770. The van der Waals surface area contributed by atoms with Crippen molar-refractivity contribution in [2.24, 2.45) is 0 Å². The zero-order valence-corrected chi connectivity index (χ0v) is 11.7. The number of allylic oxidation sites excluding steroid dienone is 1. The smallest absolute Gasteiger partial charge is 0.318 e. The van der Waals surface area contributed by atoms with Crippen LogP contribution < -0.4 is 5.32 Å². The first kappa shape index (κ1) is 15.0. The van der Waals surface area contributed by atoms with Crippen LogP contribution in [-0.2, 0) is 20.8 Å². The van der Waals surface area contributed by atoms with Crippen LogP contribution in [0.5, 0.6) is 0 Å². The number of rotatable bonds is 6. The summed E-state index contributed by atoms with van der Waals surface area (Å²) in [5, 5.41) is 2.48. The van der Waals surface area contributed by atoms with E-state index in [0.717, 1.165) is 10.5 Å². The normalized spacial score (nSPS) is 18.6. The van der Waals surface area contributed by atoms with E-state index >= 15 is 0 Å². The second kappa shape index (κ2) is 6.83. The Morgan fingerprint density at radius 3 is 2.57 bits per heavy atom. The predicted molar refractivity (Wildman–Crippen MR) is 78.2 cm³/mol. The number of nitrogens with zero attached hydrogens (tertiary/aromatic N) is 1. The summed E-state index contributed by atoms with van der Waals surface area (Å²) >= 11 is 0. The molecule has 3 amide bonds. The molecule has 1 aliphatic rings. The van der Waals surface area contributed by atoms with Crippen LogP contribution in [0.2, 0.25) is 0 Å². The highest BCUT2D eigenvalue weighted by Crippen LogP contribution is 2.11. The van der Waals surface area contributed by atoms with Crippen LogP contribution >= 0.6 is 0 Å². The number of amides is 3. The Bertz CT molecular complexity index is 554. The first-order chi connectivity index (χ1) is 10.1. The van der Waals surface area contributed by atoms with Crippen LogP contribution in [0, 0.1) is 0 Å². The second-order valence-corrected chi connectivity index (χ2v) is 4.94. The maximum Gasteiger partial charge on any atom is 0.318 e. The lowest BCUT2D eigenvalue weighted by Crippen LogP contribution is -2.61. The highest BCUT2D eigenvalue weighted by atomic mass is 16.2. The molecule has 0 saturated carbocycles. The van der Waals surface area contributed by atoms with Gasteiger partial charge in [-0.3, -0.25) is 19.3 Å². The molecule has 1 heterocycles. The number of benzene rings is 1. The molecule has 1 aromatic carbocycles. The molecule has 1 N–H and O–H groups in total. The quantitative estimate of drug-likeness (QED) is 0.368. The molecule has 21 heavy (non-hydrogen) atoms. The fourth-order valence-corrected chi connectivity index (χ4v) is 2.29. The minimum Gasteiger partial charge on any atom is -0.336 e. The fourth-order valence-electron chi connectivity index (χ4n) is 2.29. The van der Waals surface area contributed by atoms with E-state index in [9.17, 15) is 14.4 Å². The van der Waals surface area contributed by atoms with Gasteiger partial charge in [-0.05, 0) is 18.4 Å². The maximum atomic E-state index is 12.3. The summed E-state index contributed by atoms with van der Waals surface area (Å²) in [5.74, 6) is -1.82. The van der Waals surface area contributed by atoms with Crippen molar-refractivity contribution in [3.63, 3.8) is 0 Å². The minimum absolute atomic E-state index is 0.252. The maximum absolute atomic E-state index is 12.3.